The van der Waals surface area contributed by atoms with Crippen molar-refractivity contribution in [2.45, 2.75) is 32.4 Å². The van der Waals surface area contributed by atoms with Crippen LogP contribution in [0.25, 0.3) is 0 Å². The summed E-state index contributed by atoms with van der Waals surface area (Å²) in [6.45, 7) is 6.11. The third-order valence-electron chi connectivity index (χ3n) is 2.25. The summed E-state index contributed by atoms with van der Waals surface area (Å²) in [5.74, 6) is 0.866. The standard InChI is InChI=1S/C10H17N3/c1-8(11)10(2,3)13-9-6-4-5-7-12-9/h4-8H,11H2,1-3H3,(H,12,13). The van der Waals surface area contributed by atoms with Gasteiger partial charge in [0.1, 0.15) is 5.82 Å². The molecule has 0 fully saturated rings. The molecular weight excluding hydrogens is 162 g/mol. The lowest BCUT2D eigenvalue weighted by Crippen LogP contribution is -2.47. The Kier molecular flexibility index (Phi) is 2.88. The zero-order chi connectivity index (χ0) is 9.90. The van der Waals surface area contributed by atoms with E-state index in [1.807, 2.05) is 25.1 Å². The van der Waals surface area contributed by atoms with Crippen molar-refractivity contribution in [3.8, 4) is 0 Å². The van der Waals surface area contributed by atoms with E-state index < -0.39 is 0 Å². The normalized spacial score (nSPS) is 13.8. The van der Waals surface area contributed by atoms with Gasteiger partial charge in [-0.3, -0.25) is 0 Å². The SMILES string of the molecule is CC(N)C(C)(C)Nc1ccccn1. The summed E-state index contributed by atoms with van der Waals surface area (Å²) < 4.78 is 0. The second-order valence-electron chi connectivity index (χ2n) is 3.85. The van der Waals surface area contributed by atoms with Gasteiger partial charge < -0.3 is 11.1 Å². The van der Waals surface area contributed by atoms with Crippen molar-refractivity contribution in [2.24, 2.45) is 5.73 Å². The molecule has 0 aromatic carbocycles. The van der Waals surface area contributed by atoms with Crippen molar-refractivity contribution in [1.29, 1.82) is 0 Å². The van der Waals surface area contributed by atoms with Gasteiger partial charge in [0.15, 0.2) is 0 Å². The number of pyridine rings is 1. The molecule has 0 amide bonds. The first kappa shape index (κ1) is 9.99. The maximum Gasteiger partial charge on any atom is 0.126 e. The van der Waals surface area contributed by atoms with Gasteiger partial charge in [0.05, 0.1) is 0 Å². The molecule has 0 saturated carbocycles. The Labute approximate surface area is 79.4 Å². The average molecular weight is 179 g/mol. The van der Waals surface area contributed by atoms with E-state index in [2.05, 4.69) is 24.1 Å². The maximum atomic E-state index is 5.83. The zero-order valence-corrected chi connectivity index (χ0v) is 8.41. The summed E-state index contributed by atoms with van der Waals surface area (Å²) in [5, 5.41) is 3.28. The smallest absolute Gasteiger partial charge is 0.126 e. The predicted molar refractivity (Wildman–Crippen MR) is 55.6 cm³/mol. The lowest BCUT2D eigenvalue weighted by Gasteiger charge is -2.30. The number of anilines is 1. The second kappa shape index (κ2) is 3.75. The minimum atomic E-state index is -0.131. The highest BCUT2D eigenvalue weighted by Gasteiger charge is 2.22. The molecule has 1 heterocycles. The third-order valence-corrected chi connectivity index (χ3v) is 2.25. The molecule has 1 unspecified atom stereocenters. The maximum absolute atomic E-state index is 5.83. The van der Waals surface area contributed by atoms with Crippen molar-refractivity contribution in [1.82, 2.24) is 4.98 Å². The lowest BCUT2D eigenvalue weighted by molar-refractivity contribution is 0.469. The molecule has 1 aromatic rings. The number of nitrogens with two attached hydrogens (primary N) is 1. The minimum Gasteiger partial charge on any atom is -0.364 e. The van der Waals surface area contributed by atoms with E-state index in [1.54, 1.807) is 6.20 Å². The summed E-state index contributed by atoms with van der Waals surface area (Å²) in [7, 11) is 0. The molecule has 0 bridgehead atoms. The summed E-state index contributed by atoms with van der Waals surface area (Å²) in [5.41, 5.74) is 5.70. The Morgan fingerprint density at radius 3 is 2.62 bits per heavy atom. The topological polar surface area (TPSA) is 50.9 Å². The van der Waals surface area contributed by atoms with Gasteiger partial charge in [0.25, 0.3) is 0 Å². The Bertz CT molecular complexity index is 254. The zero-order valence-electron chi connectivity index (χ0n) is 8.41. The number of hydrogen-bond donors (Lipinski definition) is 2. The van der Waals surface area contributed by atoms with Crippen molar-refractivity contribution in [2.75, 3.05) is 5.32 Å². The number of rotatable bonds is 3. The van der Waals surface area contributed by atoms with E-state index >= 15 is 0 Å². The monoisotopic (exact) mass is 179 g/mol. The van der Waals surface area contributed by atoms with Crippen LogP contribution in [0.3, 0.4) is 0 Å². The van der Waals surface area contributed by atoms with Crippen LogP contribution in [-0.4, -0.2) is 16.6 Å². The molecule has 0 saturated heterocycles. The molecule has 0 spiro atoms. The molecule has 0 radical (unpaired) electrons. The van der Waals surface area contributed by atoms with Crippen molar-refractivity contribution in [3.63, 3.8) is 0 Å². The molecule has 3 N–H and O–H groups in total. The summed E-state index contributed by atoms with van der Waals surface area (Å²) in [6, 6.07) is 5.86. The van der Waals surface area contributed by atoms with Crippen LogP contribution in [0, 0.1) is 0 Å². The van der Waals surface area contributed by atoms with Crippen molar-refractivity contribution >= 4 is 5.82 Å². The van der Waals surface area contributed by atoms with Crippen LogP contribution in [0.5, 0.6) is 0 Å². The average Bonchev–Trinajstić information content (AvgIpc) is 2.05. The number of hydrogen-bond acceptors (Lipinski definition) is 3. The number of nitrogens with zero attached hydrogens (tertiary/aromatic N) is 1. The van der Waals surface area contributed by atoms with Gasteiger partial charge in [0, 0.05) is 17.8 Å². The molecule has 72 valence electrons. The summed E-state index contributed by atoms with van der Waals surface area (Å²) in [6.07, 6.45) is 1.76. The molecular formula is C10H17N3. The van der Waals surface area contributed by atoms with Gasteiger partial charge in [-0.1, -0.05) is 6.07 Å². The van der Waals surface area contributed by atoms with Gasteiger partial charge in [-0.05, 0) is 32.9 Å². The fourth-order valence-corrected chi connectivity index (χ4v) is 0.881. The number of nitrogens with one attached hydrogen (secondary N) is 1. The molecule has 1 aromatic heterocycles. The van der Waals surface area contributed by atoms with E-state index in [0.717, 1.165) is 5.82 Å². The Morgan fingerprint density at radius 1 is 1.46 bits per heavy atom. The van der Waals surface area contributed by atoms with Crippen LogP contribution in [0.15, 0.2) is 24.4 Å². The van der Waals surface area contributed by atoms with Gasteiger partial charge in [-0.25, -0.2) is 4.98 Å². The molecule has 3 nitrogen and oxygen atoms in total. The molecule has 3 heteroatoms. The van der Waals surface area contributed by atoms with Crippen molar-refractivity contribution in [3.05, 3.63) is 24.4 Å². The van der Waals surface area contributed by atoms with Crippen molar-refractivity contribution < 1.29 is 0 Å². The largest absolute Gasteiger partial charge is 0.364 e. The van der Waals surface area contributed by atoms with Crippen LogP contribution in [0.4, 0.5) is 5.82 Å². The first-order chi connectivity index (χ1) is 6.02. The van der Waals surface area contributed by atoms with E-state index in [0.29, 0.717) is 0 Å². The summed E-state index contributed by atoms with van der Waals surface area (Å²) >= 11 is 0. The molecule has 0 aliphatic carbocycles. The highest BCUT2D eigenvalue weighted by atomic mass is 15.1. The molecule has 0 aliphatic rings. The van der Waals surface area contributed by atoms with Crippen LogP contribution in [0.1, 0.15) is 20.8 Å². The first-order valence-corrected chi connectivity index (χ1v) is 4.47. The Morgan fingerprint density at radius 2 is 2.15 bits per heavy atom. The molecule has 1 rings (SSSR count). The van der Waals surface area contributed by atoms with E-state index in [9.17, 15) is 0 Å². The van der Waals surface area contributed by atoms with E-state index in [1.165, 1.54) is 0 Å². The van der Waals surface area contributed by atoms with Crippen LogP contribution >= 0.6 is 0 Å². The highest BCUT2D eigenvalue weighted by Crippen LogP contribution is 2.14. The van der Waals surface area contributed by atoms with Gasteiger partial charge in [0.2, 0.25) is 0 Å². The minimum absolute atomic E-state index is 0.0782. The van der Waals surface area contributed by atoms with Gasteiger partial charge >= 0.3 is 0 Å². The van der Waals surface area contributed by atoms with Crippen LogP contribution < -0.4 is 11.1 Å². The van der Waals surface area contributed by atoms with Crippen LogP contribution in [0.2, 0.25) is 0 Å². The number of aromatic nitrogens is 1. The molecule has 0 aliphatic heterocycles. The van der Waals surface area contributed by atoms with E-state index in [4.69, 9.17) is 5.73 Å². The van der Waals surface area contributed by atoms with Gasteiger partial charge in [-0.15, -0.1) is 0 Å². The fraction of sp³-hybridized carbons (Fsp3) is 0.500. The van der Waals surface area contributed by atoms with E-state index in [-0.39, 0.29) is 11.6 Å². The molecule has 1 atom stereocenters. The lowest BCUT2D eigenvalue weighted by atomic mass is 9.97. The molecule has 13 heavy (non-hydrogen) atoms. The highest BCUT2D eigenvalue weighted by molar-refractivity contribution is 5.36. The van der Waals surface area contributed by atoms with Gasteiger partial charge in [-0.2, -0.15) is 0 Å². The van der Waals surface area contributed by atoms with Crippen LogP contribution in [-0.2, 0) is 0 Å². The second-order valence-corrected chi connectivity index (χ2v) is 3.85. The predicted octanol–water partition coefficient (Wildman–Crippen LogP) is 1.62. The third kappa shape index (κ3) is 2.70. The quantitative estimate of drug-likeness (QED) is 0.741. The first-order valence-electron chi connectivity index (χ1n) is 4.47. The Hall–Kier alpha value is -1.09. The summed E-state index contributed by atoms with van der Waals surface area (Å²) in [4.78, 5) is 4.18. The Balaban J connectivity index is 2.69. The fourth-order valence-electron chi connectivity index (χ4n) is 0.881.